The van der Waals surface area contributed by atoms with Crippen LogP contribution in [-0.4, -0.2) is 33.6 Å². The van der Waals surface area contributed by atoms with Crippen molar-refractivity contribution in [1.29, 1.82) is 0 Å². The van der Waals surface area contributed by atoms with E-state index in [0.29, 0.717) is 24.0 Å². The summed E-state index contributed by atoms with van der Waals surface area (Å²) >= 11 is 0. The number of amides is 1. The number of aromatic amines is 1. The molecule has 116 valence electrons. The van der Waals surface area contributed by atoms with Crippen LogP contribution >= 0.6 is 0 Å². The number of aliphatic hydroxyl groups is 1. The first-order chi connectivity index (χ1) is 10.3. The molecule has 2 aliphatic rings. The van der Waals surface area contributed by atoms with Gasteiger partial charge in [-0.3, -0.25) is 4.79 Å². The van der Waals surface area contributed by atoms with Crippen molar-refractivity contribution >= 4 is 5.91 Å². The number of imidazole rings is 1. The highest BCUT2D eigenvalue weighted by molar-refractivity contribution is 5.92. The van der Waals surface area contributed by atoms with Crippen molar-refractivity contribution in [3.05, 3.63) is 17.7 Å². The third-order valence-corrected chi connectivity index (χ3v) is 4.78. The molecule has 0 aliphatic heterocycles. The molecule has 1 heterocycles. The van der Waals surface area contributed by atoms with Crippen LogP contribution in [0.2, 0.25) is 0 Å². The first kappa shape index (κ1) is 14.6. The Morgan fingerprint density at radius 3 is 2.76 bits per heavy atom. The summed E-state index contributed by atoms with van der Waals surface area (Å²) in [6.45, 7) is 0.123. The van der Waals surface area contributed by atoms with Crippen LogP contribution in [0.3, 0.4) is 0 Å². The number of nitrogens with zero attached hydrogens (tertiary/aromatic N) is 1. The lowest BCUT2D eigenvalue weighted by molar-refractivity contribution is 0.0895. The van der Waals surface area contributed by atoms with E-state index in [4.69, 9.17) is 0 Å². The highest BCUT2D eigenvalue weighted by atomic mass is 16.3. The van der Waals surface area contributed by atoms with E-state index in [9.17, 15) is 9.90 Å². The number of aliphatic hydroxyl groups excluding tert-OH is 1. The lowest BCUT2D eigenvalue weighted by Crippen LogP contribution is -2.41. The van der Waals surface area contributed by atoms with Crippen molar-refractivity contribution in [1.82, 2.24) is 15.3 Å². The fourth-order valence-corrected chi connectivity index (χ4v) is 3.36. The average molecular weight is 291 g/mol. The molecule has 0 spiro atoms. The number of carbonyl (C=O) groups excluding carboxylic acids is 1. The minimum absolute atomic E-state index is 0.0791. The fraction of sp³-hybridized carbons (Fsp3) is 0.750. The van der Waals surface area contributed by atoms with E-state index in [2.05, 4.69) is 15.3 Å². The Balaban J connectivity index is 1.61. The summed E-state index contributed by atoms with van der Waals surface area (Å²) in [5, 5.41) is 12.4. The summed E-state index contributed by atoms with van der Waals surface area (Å²) in [7, 11) is 0. The van der Waals surface area contributed by atoms with Gasteiger partial charge >= 0.3 is 0 Å². The molecule has 3 N–H and O–H groups in total. The predicted molar refractivity (Wildman–Crippen MR) is 80.1 cm³/mol. The van der Waals surface area contributed by atoms with Crippen molar-refractivity contribution in [2.75, 3.05) is 6.61 Å². The van der Waals surface area contributed by atoms with Gasteiger partial charge in [0, 0.05) is 18.6 Å². The van der Waals surface area contributed by atoms with Crippen LogP contribution in [0.5, 0.6) is 0 Å². The summed E-state index contributed by atoms with van der Waals surface area (Å²) in [6.07, 6.45) is 10.7. The van der Waals surface area contributed by atoms with E-state index in [1.54, 1.807) is 6.20 Å². The van der Waals surface area contributed by atoms with Crippen LogP contribution in [0.4, 0.5) is 0 Å². The van der Waals surface area contributed by atoms with E-state index < -0.39 is 0 Å². The zero-order valence-electron chi connectivity index (χ0n) is 12.5. The minimum Gasteiger partial charge on any atom is -0.396 e. The molecule has 2 saturated carbocycles. The number of nitrogens with one attached hydrogen (secondary N) is 2. The summed E-state index contributed by atoms with van der Waals surface area (Å²) in [5.41, 5.74) is 0.552. The maximum absolute atomic E-state index is 12.4. The molecule has 0 bridgehead atoms. The Kier molecular flexibility index (Phi) is 4.58. The van der Waals surface area contributed by atoms with E-state index in [-0.39, 0.29) is 18.6 Å². The van der Waals surface area contributed by atoms with Gasteiger partial charge in [-0.15, -0.1) is 0 Å². The maximum Gasteiger partial charge on any atom is 0.269 e. The Bertz CT molecular complexity index is 476. The van der Waals surface area contributed by atoms with Crippen molar-refractivity contribution in [3.8, 4) is 0 Å². The molecule has 5 heteroatoms. The molecule has 5 nitrogen and oxygen atoms in total. The van der Waals surface area contributed by atoms with Crippen molar-refractivity contribution in [2.24, 2.45) is 5.92 Å². The minimum atomic E-state index is -0.0848. The summed E-state index contributed by atoms with van der Waals surface area (Å²) in [6, 6.07) is 0.0791. The third-order valence-electron chi connectivity index (χ3n) is 4.78. The molecule has 2 fully saturated rings. The van der Waals surface area contributed by atoms with Crippen molar-refractivity contribution in [3.63, 3.8) is 0 Å². The molecule has 1 unspecified atom stereocenters. The molecule has 21 heavy (non-hydrogen) atoms. The van der Waals surface area contributed by atoms with Crippen LogP contribution < -0.4 is 5.32 Å². The topological polar surface area (TPSA) is 78.0 Å². The lowest BCUT2D eigenvalue weighted by Gasteiger charge is -2.30. The van der Waals surface area contributed by atoms with E-state index in [1.807, 2.05) is 0 Å². The predicted octanol–water partition coefficient (Wildman–Crippen LogP) is 2.35. The quantitative estimate of drug-likeness (QED) is 0.753. The SMILES string of the molecule is O=C(NC(CCO)C1CCCCC1)c1cnc(C2CC2)[nH]1. The number of hydrogen-bond donors (Lipinski definition) is 3. The number of carbonyl (C=O) groups is 1. The normalized spacial score (nSPS) is 21.2. The Morgan fingerprint density at radius 1 is 1.33 bits per heavy atom. The molecule has 1 amide bonds. The largest absolute Gasteiger partial charge is 0.396 e. The molecule has 2 aliphatic carbocycles. The zero-order valence-corrected chi connectivity index (χ0v) is 12.5. The molecule has 1 atom stereocenters. The van der Waals surface area contributed by atoms with Crippen LogP contribution in [0, 0.1) is 5.92 Å². The molecule has 1 aromatic heterocycles. The Morgan fingerprint density at radius 2 is 2.10 bits per heavy atom. The van der Waals surface area contributed by atoms with E-state index in [1.165, 1.54) is 32.1 Å². The molecule has 1 aromatic rings. The van der Waals surface area contributed by atoms with Gasteiger partial charge in [-0.1, -0.05) is 19.3 Å². The molecular formula is C16H25N3O2. The monoisotopic (exact) mass is 291 g/mol. The molecule has 3 rings (SSSR count). The van der Waals surface area contributed by atoms with Crippen LogP contribution in [-0.2, 0) is 0 Å². The van der Waals surface area contributed by atoms with E-state index >= 15 is 0 Å². The van der Waals surface area contributed by atoms with Gasteiger partial charge in [0.25, 0.3) is 5.91 Å². The highest BCUT2D eigenvalue weighted by Gasteiger charge is 2.28. The van der Waals surface area contributed by atoms with Gasteiger partial charge in [0.15, 0.2) is 0 Å². The van der Waals surface area contributed by atoms with Crippen LogP contribution in [0.15, 0.2) is 6.20 Å². The molecular weight excluding hydrogens is 266 g/mol. The lowest BCUT2D eigenvalue weighted by atomic mass is 9.82. The number of aromatic nitrogens is 2. The Hall–Kier alpha value is -1.36. The highest BCUT2D eigenvalue weighted by Crippen LogP contribution is 2.38. The smallest absolute Gasteiger partial charge is 0.269 e. The average Bonchev–Trinajstić information content (AvgIpc) is 3.25. The fourth-order valence-electron chi connectivity index (χ4n) is 3.36. The summed E-state index contributed by atoms with van der Waals surface area (Å²) in [5.74, 6) is 1.88. The van der Waals surface area contributed by atoms with Crippen LogP contribution in [0.1, 0.15) is 73.6 Å². The van der Waals surface area contributed by atoms with Gasteiger partial charge in [0.05, 0.1) is 6.20 Å². The van der Waals surface area contributed by atoms with Gasteiger partial charge in [-0.25, -0.2) is 4.98 Å². The summed E-state index contributed by atoms with van der Waals surface area (Å²) < 4.78 is 0. The van der Waals surface area contributed by atoms with Crippen LogP contribution in [0.25, 0.3) is 0 Å². The third kappa shape index (κ3) is 3.64. The Labute approximate surface area is 125 Å². The van der Waals surface area contributed by atoms with Gasteiger partial charge in [-0.05, 0) is 38.0 Å². The zero-order chi connectivity index (χ0) is 14.7. The second-order valence-electron chi connectivity index (χ2n) is 6.45. The van der Waals surface area contributed by atoms with Gasteiger partial charge in [0.1, 0.15) is 11.5 Å². The molecule has 0 aromatic carbocycles. The van der Waals surface area contributed by atoms with E-state index in [0.717, 1.165) is 18.7 Å². The second-order valence-corrected chi connectivity index (χ2v) is 6.45. The first-order valence-electron chi connectivity index (χ1n) is 8.24. The standard InChI is InChI=1S/C16H25N3O2/c20-9-8-13(11-4-2-1-3-5-11)19-16(21)14-10-17-15(18-14)12-6-7-12/h10-13,20H,1-9H2,(H,17,18)(H,19,21). The summed E-state index contributed by atoms with van der Waals surface area (Å²) in [4.78, 5) is 19.8. The first-order valence-corrected chi connectivity index (χ1v) is 8.24. The number of hydrogen-bond acceptors (Lipinski definition) is 3. The number of H-pyrrole nitrogens is 1. The van der Waals surface area contributed by atoms with Gasteiger partial charge in [0.2, 0.25) is 0 Å². The van der Waals surface area contributed by atoms with Crippen molar-refractivity contribution in [2.45, 2.75) is 63.3 Å². The molecule has 0 radical (unpaired) electrons. The molecule has 0 saturated heterocycles. The number of rotatable bonds is 6. The second kappa shape index (κ2) is 6.60. The maximum atomic E-state index is 12.4. The van der Waals surface area contributed by atoms with Gasteiger partial charge in [-0.2, -0.15) is 0 Å². The van der Waals surface area contributed by atoms with Gasteiger partial charge < -0.3 is 15.4 Å². The van der Waals surface area contributed by atoms with Crippen molar-refractivity contribution < 1.29 is 9.90 Å².